The highest BCUT2D eigenvalue weighted by Gasteiger charge is 2.15. The van der Waals surface area contributed by atoms with Crippen LogP contribution in [0.2, 0.25) is 0 Å². The van der Waals surface area contributed by atoms with Crippen LogP contribution in [-0.4, -0.2) is 40.6 Å². The number of aryl methyl sites for hydroxylation is 1. The first-order valence-corrected chi connectivity index (χ1v) is 7.66. The van der Waals surface area contributed by atoms with E-state index in [-0.39, 0.29) is 17.9 Å². The van der Waals surface area contributed by atoms with Crippen LogP contribution in [0, 0.1) is 6.92 Å². The molecule has 8 nitrogen and oxygen atoms in total. The highest BCUT2D eigenvalue weighted by molar-refractivity contribution is 7.89. The van der Waals surface area contributed by atoms with Crippen molar-refractivity contribution < 1.29 is 18.5 Å². The summed E-state index contributed by atoms with van der Waals surface area (Å²) in [6.07, 6.45) is 1.31. The van der Waals surface area contributed by atoms with Crippen LogP contribution in [0.25, 0.3) is 0 Å². The van der Waals surface area contributed by atoms with Gasteiger partial charge >= 0.3 is 7.12 Å². The predicted octanol–water partition coefficient (Wildman–Crippen LogP) is -0.923. The topological polar surface area (TPSA) is 117 Å². The number of aromatic nitrogens is 3. The molecule has 0 spiro atoms. The molecular weight excluding hydrogens is 295 g/mol. The molecule has 1 aromatic heterocycles. The van der Waals surface area contributed by atoms with E-state index in [1.807, 2.05) is 6.92 Å². The Kier molecular flexibility index (Phi) is 4.73. The van der Waals surface area contributed by atoms with Gasteiger partial charge in [0, 0.05) is 6.20 Å². The molecule has 21 heavy (non-hydrogen) atoms. The van der Waals surface area contributed by atoms with Crippen molar-refractivity contribution in [2.45, 2.75) is 24.8 Å². The van der Waals surface area contributed by atoms with Crippen LogP contribution in [-0.2, 0) is 23.0 Å². The third-order valence-electron chi connectivity index (χ3n) is 2.71. The minimum Gasteiger partial charge on any atom is -0.426 e. The molecule has 2 rings (SSSR count). The van der Waals surface area contributed by atoms with Crippen LogP contribution < -0.4 is 4.72 Å². The van der Waals surface area contributed by atoms with Gasteiger partial charge in [-0.2, -0.15) is 0 Å². The van der Waals surface area contributed by atoms with Crippen LogP contribution in [0.5, 0.6) is 0 Å². The van der Waals surface area contributed by atoms with Crippen molar-refractivity contribution >= 4 is 17.1 Å². The average Bonchev–Trinajstić information content (AvgIpc) is 2.84. The van der Waals surface area contributed by atoms with Crippen LogP contribution in [0.4, 0.5) is 0 Å². The SMILES string of the molecule is Cc1ccc(S(=O)(=O)NCc2cn(CB(O)O)nn2)cc1. The average molecular weight is 310 g/mol. The van der Waals surface area contributed by atoms with Crippen LogP contribution in [0.3, 0.4) is 0 Å². The second-order valence-electron chi connectivity index (χ2n) is 4.55. The number of hydrogen-bond donors (Lipinski definition) is 3. The van der Waals surface area contributed by atoms with Gasteiger partial charge in [0.15, 0.2) is 0 Å². The van der Waals surface area contributed by atoms with E-state index >= 15 is 0 Å². The van der Waals surface area contributed by atoms with E-state index in [0.29, 0.717) is 5.69 Å². The first kappa shape index (κ1) is 15.6. The number of sulfonamides is 1. The zero-order chi connectivity index (χ0) is 15.5. The third kappa shape index (κ3) is 4.36. The highest BCUT2D eigenvalue weighted by Crippen LogP contribution is 2.10. The van der Waals surface area contributed by atoms with Gasteiger partial charge in [0.2, 0.25) is 10.0 Å². The molecule has 0 aliphatic carbocycles. The summed E-state index contributed by atoms with van der Waals surface area (Å²) in [5.74, 6) is 0. The molecule has 0 fully saturated rings. The molecule has 0 unspecified atom stereocenters. The lowest BCUT2D eigenvalue weighted by atomic mass is 9.93. The largest absolute Gasteiger partial charge is 0.474 e. The standard InChI is InChI=1S/C11H15BN4O4S/c1-9-2-4-11(5-3-9)21(19,20)13-6-10-7-16(15-14-10)8-12(17)18/h2-5,7,13,17-18H,6,8H2,1H3. The number of benzene rings is 1. The normalized spacial score (nSPS) is 11.6. The van der Waals surface area contributed by atoms with E-state index < -0.39 is 17.1 Å². The molecule has 1 aromatic carbocycles. The Bertz CT molecular complexity index is 699. The first-order chi connectivity index (χ1) is 9.87. The van der Waals surface area contributed by atoms with Crippen molar-refractivity contribution in [2.24, 2.45) is 0 Å². The molecule has 2 aromatic rings. The van der Waals surface area contributed by atoms with E-state index in [9.17, 15) is 8.42 Å². The highest BCUT2D eigenvalue weighted by atomic mass is 32.2. The minimum atomic E-state index is -3.61. The lowest BCUT2D eigenvalue weighted by molar-refractivity contribution is 0.386. The Morgan fingerprint density at radius 1 is 1.29 bits per heavy atom. The fraction of sp³-hybridized carbons (Fsp3) is 0.273. The summed E-state index contributed by atoms with van der Waals surface area (Å²) in [7, 11) is -5.15. The van der Waals surface area contributed by atoms with Gasteiger partial charge in [-0.15, -0.1) is 5.10 Å². The molecule has 0 aliphatic rings. The molecule has 10 heteroatoms. The Morgan fingerprint density at radius 3 is 2.57 bits per heavy atom. The van der Waals surface area contributed by atoms with Gasteiger partial charge in [-0.25, -0.2) is 13.1 Å². The quantitative estimate of drug-likeness (QED) is 0.594. The van der Waals surface area contributed by atoms with E-state index in [2.05, 4.69) is 15.0 Å². The van der Waals surface area contributed by atoms with Crippen LogP contribution >= 0.6 is 0 Å². The summed E-state index contributed by atoms with van der Waals surface area (Å²) in [5, 5.41) is 25.0. The number of nitrogens with one attached hydrogen (secondary N) is 1. The lowest BCUT2D eigenvalue weighted by Crippen LogP contribution is -2.23. The van der Waals surface area contributed by atoms with Gasteiger partial charge in [0.05, 0.1) is 23.6 Å². The molecule has 0 atom stereocenters. The van der Waals surface area contributed by atoms with Crippen molar-refractivity contribution in [3.63, 3.8) is 0 Å². The smallest absolute Gasteiger partial charge is 0.426 e. The number of rotatable bonds is 6. The Labute approximate surface area is 122 Å². The van der Waals surface area contributed by atoms with E-state index in [1.54, 1.807) is 12.1 Å². The molecule has 0 amide bonds. The van der Waals surface area contributed by atoms with Crippen molar-refractivity contribution in [2.75, 3.05) is 0 Å². The zero-order valence-corrected chi connectivity index (χ0v) is 12.2. The van der Waals surface area contributed by atoms with Gasteiger partial charge in [0.25, 0.3) is 0 Å². The lowest BCUT2D eigenvalue weighted by Gasteiger charge is -2.05. The molecule has 0 saturated heterocycles. The summed E-state index contributed by atoms with van der Waals surface area (Å²) in [6.45, 7) is 1.84. The molecule has 112 valence electrons. The van der Waals surface area contributed by atoms with Crippen molar-refractivity contribution in [1.29, 1.82) is 0 Å². The van der Waals surface area contributed by atoms with Gasteiger partial charge in [-0.3, -0.25) is 4.68 Å². The fourth-order valence-corrected chi connectivity index (χ4v) is 2.64. The molecule has 1 heterocycles. The van der Waals surface area contributed by atoms with Gasteiger partial charge < -0.3 is 10.0 Å². The fourth-order valence-electron chi connectivity index (χ4n) is 1.65. The molecule has 0 saturated carbocycles. The van der Waals surface area contributed by atoms with Crippen LogP contribution in [0.15, 0.2) is 35.4 Å². The summed E-state index contributed by atoms with van der Waals surface area (Å²) < 4.78 is 27.7. The second-order valence-corrected chi connectivity index (χ2v) is 6.32. The molecule has 3 N–H and O–H groups in total. The maximum Gasteiger partial charge on any atom is 0.474 e. The van der Waals surface area contributed by atoms with Crippen molar-refractivity contribution in [3.8, 4) is 0 Å². The van der Waals surface area contributed by atoms with Gasteiger partial charge in [-0.1, -0.05) is 22.9 Å². The summed E-state index contributed by atoms with van der Waals surface area (Å²) in [5.41, 5.74) is 1.35. The maximum absolute atomic E-state index is 12.1. The Morgan fingerprint density at radius 2 is 1.95 bits per heavy atom. The van der Waals surface area contributed by atoms with Gasteiger partial charge in [0.1, 0.15) is 0 Å². The number of nitrogens with zero attached hydrogens (tertiary/aromatic N) is 3. The van der Waals surface area contributed by atoms with Crippen molar-refractivity contribution in [3.05, 3.63) is 41.7 Å². The van der Waals surface area contributed by atoms with Crippen molar-refractivity contribution in [1.82, 2.24) is 19.7 Å². The van der Waals surface area contributed by atoms with Gasteiger partial charge in [-0.05, 0) is 19.1 Å². The summed E-state index contributed by atoms with van der Waals surface area (Å²) in [4.78, 5) is 0.172. The second kappa shape index (κ2) is 6.35. The molecule has 0 radical (unpaired) electrons. The van der Waals surface area contributed by atoms with E-state index in [1.165, 1.54) is 23.0 Å². The summed E-state index contributed by atoms with van der Waals surface area (Å²) >= 11 is 0. The predicted molar refractivity (Wildman–Crippen MR) is 75.4 cm³/mol. The molecular formula is C11H15BN4O4S. The zero-order valence-electron chi connectivity index (χ0n) is 11.3. The Balaban J connectivity index is 2.01. The Hall–Kier alpha value is -1.75. The maximum atomic E-state index is 12.1. The summed E-state index contributed by atoms with van der Waals surface area (Å²) in [6, 6.07) is 6.48. The third-order valence-corrected chi connectivity index (χ3v) is 4.13. The van der Waals surface area contributed by atoms with E-state index in [0.717, 1.165) is 5.56 Å². The van der Waals surface area contributed by atoms with E-state index in [4.69, 9.17) is 10.0 Å². The first-order valence-electron chi connectivity index (χ1n) is 6.18. The van der Waals surface area contributed by atoms with Crippen LogP contribution in [0.1, 0.15) is 11.3 Å². The monoisotopic (exact) mass is 310 g/mol. The number of hydrogen-bond acceptors (Lipinski definition) is 6. The molecule has 0 bridgehead atoms. The molecule has 0 aliphatic heterocycles. The minimum absolute atomic E-state index is 0.0300.